The van der Waals surface area contributed by atoms with Crippen LogP contribution in [0.4, 0.5) is 0 Å². The molecule has 3 rings (SSSR count). The Balaban J connectivity index is 1.58. The third-order valence-electron chi connectivity index (χ3n) is 4.24. The number of benzene rings is 2. The summed E-state index contributed by atoms with van der Waals surface area (Å²) in [5, 5.41) is 9.74. The van der Waals surface area contributed by atoms with Gasteiger partial charge in [0, 0.05) is 6.54 Å². The van der Waals surface area contributed by atoms with E-state index in [-0.39, 0.29) is 18.4 Å². The summed E-state index contributed by atoms with van der Waals surface area (Å²) in [7, 11) is 0. The van der Waals surface area contributed by atoms with Crippen LogP contribution < -0.4 is 10.6 Å². The molecule has 6 heteroatoms. The van der Waals surface area contributed by atoms with E-state index in [0.29, 0.717) is 12.1 Å². The number of aryl methyl sites for hydroxylation is 1. The van der Waals surface area contributed by atoms with E-state index in [4.69, 9.17) is 0 Å². The molecule has 27 heavy (non-hydrogen) atoms. The van der Waals surface area contributed by atoms with Gasteiger partial charge in [-0.1, -0.05) is 42.5 Å². The van der Waals surface area contributed by atoms with Crippen LogP contribution in [0.1, 0.15) is 27.2 Å². The van der Waals surface area contributed by atoms with Crippen molar-refractivity contribution in [3.8, 4) is 5.69 Å². The van der Waals surface area contributed by atoms with E-state index in [2.05, 4.69) is 15.7 Å². The summed E-state index contributed by atoms with van der Waals surface area (Å²) < 4.78 is 1.72. The quantitative estimate of drug-likeness (QED) is 0.707. The number of hydrogen-bond acceptors (Lipinski definition) is 3. The molecular formula is C21H22N4O2. The third kappa shape index (κ3) is 4.61. The number of amides is 2. The van der Waals surface area contributed by atoms with E-state index in [1.54, 1.807) is 4.68 Å². The predicted octanol–water partition coefficient (Wildman–Crippen LogP) is 2.54. The highest BCUT2D eigenvalue weighted by atomic mass is 16.2. The van der Waals surface area contributed by atoms with Gasteiger partial charge >= 0.3 is 0 Å². The Morgan fingerprint density at radius 3 is 2.52 bits per heavy atom. The highest BCUT2D eigenvalue weighted by molar-refractivity contribution is 5.97. The lowest BCUT2D eigenvalue weighted by Crippen LogP contribution is -2.36. The zero-order valence-corrected chi connectivity index (χ0v) is 15.4. The standard InChI is InChI=1S/C21H22N4O2/c1-15-7-6-10-18(11-15)25-16(2)19(13-24-25)21(27)23-14-20(26)22-12-17-8-4-3-5-9-17/h3-11,13H,12,14H2,1-2H3,(H,22,26)(H,23,27). The maximum atomic E-state index is 12.4. The normalized spacial score (nSPS) is 10.4. The zero-order chi connectivity index (χ0) is 19.2. The zero-order valence-electron chi connectivity index (χ0n) is 15.4. The second-order valence-corrected chi connectivity index (χ2v) is 6.34. The van der Waals surface area contributed by atoms with Crippen molar-refractivity contribution in [1.82, 2.24) is 20.4 Å². The average Bonchev–Trinajstić information content (AvgIpc) is 3.07. The summed E-state index contributed by atoms with van der Waals surface area (Å²) in [6.07, 6.45) is 1.52. The smallest absolute Gasteiger partial charge is 0.255 e. The van der Waals surface area contributed by atoms with Crippen LogP contribution in [0.2, 0.25) is 0 Å². The Hall–Kier alpha value is -3.41. The van der Waals surface area contributed by atoms with Crippen LogP contribution in [-0.4, -0.2) is 28.1 Å². The lowest BCUT2D eigenvalue weighted by atomic mass is 10.2. The molecule has 0 aliphatic heterocycles. The van der Waals surface area contributed by atoms with Crippen molar-refractivity contribution >= 4 is 11.8 Å². The van der Waals surface area contributed by atoms with Gasteiger partial charge in [-0.25, -0.2) is 4.68 Å². The first-order valence-corrected chi connectivity index (χ1v) is 8.75. The minimum Gasteiger partial charge on any atom is -0.350 e. The van der Waals surface area contributed by atoms with E-state index in [1.165, 1.54) is 6.20 Å². The fourth-order valence-corrected chi connectivity index (χ4v) is 2.77. The molecule has 2 N–H and O–H groups in total. The Bertz CT molecular complexity index is 948. The van der Waals surface area contributed by atoms with Crippen molar-refractivity contribution in [3.63, 3.8) is 0 Å². The minimum atomic E-state index is -0.318. The molecule has 0 saturated heterocycles. The second kappa shape index (κ2) is 8.31. The molecule has 3 aromatic rings. The van der Waals surface area contributed by atoms with Crippen molar-refractivity contribution in [2.75, 3.05) is 6.54 Å². The molecule has 0 unspecified atom stereocenters. The molecule has 0 saturated carbocycles. The molecule has 138 valence electrons. The van der Waals surface area contributed by atoms with Gasteiger partial charge in [0.15, 0.2) is 0 Å². The maximum Gasteiger partial charge on any atom is 0.255 e. The van der Waals surface area contributed by atoms with Crippen LogP contribution in [0.15, 0.2) is 60.8 Å². The third-order valence-corrected chi connectivity index (χ3v) is 4.24. The number of aromatic nitrogens is 2. The number of carbonyl (C=O) groups excluding carboxylic acids is 2. The highest BCUT2D eigenvalue weighted by Gasteiger charge is 2.16. The molecule has 0 aliphatic carbocycles. The number of carbonyl (C=O) groups is 2. The van der Waals surface area contributed by atoms with Crippen LogP contribution >= 0.6 is 0 Å². The molecule has 2 aromatic carbocycles. The fraction of sp³-hybridized carbons (Fsp3) is 0.190. The molecule has 2 amide bonds. The summed E-state index contributed by atoms with van der Waals surface area (Å²) in [5.41, 5.74) is 4.19. The molecule has 6 nitrogen and oxygen atoms in total. The maximum absolute atomic E-state index is 12.4. The molecule has 0 atom stereocenters. The molecule has 0 bridgehead atoms. The lowest BCUT2D eigenvalue weighted by molar-refractivity contribution is -0.120. The topological polar surface area (TPSA) is 76.0 Å². The van der Waals surface area contributed by atoms with E-state index >= 15 is 0 Å². The van der Waals surface area contributed by atoms with Gasteiger partial charge in [-0.2, -0.15) is 5.10 Å². The summed E-state index contributed by atoms with van der Waals surface area (Å²) >= 11 is 0. The molecular weight excluding hydrogens is 340 g/mol. The summed E-state index contributed by atoms with van der Waals surface area (Å²) in [5.74, 6) is -0.558. The van der Waals surface area contributed by atoms with Gasteiger partial charge < -0.3 is 10.6 Å². The fourth-order valence-electron chi connectivity index (χ4n) is 2.77. The molecule has 1 heterocycles. The Morgan fingerprint density at radius 1 is 1.00 bits per heavy atom. The molecule has 0 radical (unpaired) electrons. The Morgan fingerprint density at radius 2 is 1.78 bits per heavy atom. The van der Waals surface area contributed by atoms with Gasteiger partial charge in [0.1, 0.15) is 0 Å². The highest BCUT2D eigenvalue weighted by Crippen LogP contribution is 2.15. The van der Waals surface area contributed by atoms with E-state index in [0.717, 1.165) is 22.5 Å². The van der Waals surface area contributed by atoms with Gasteiger partial charge in [0.25, 0.3) is 5.91 Å². The monoisotopic (exact) mass is 362 g/mol. The van der Waals surface area contributed by atoms with Crippen LogP contribution in [0, 0.1) is 13.8 Å². The largest absolute Gasteiger partial charge is 0.350 e. The predicted molar refractivity (Wildman–Crippen MR) is 104 cm³/mol. The van der Waals surface area contributed by atoms with E-state index in [9.17, 15) is 9.59 Å². The van der Waals surface area contributed by atoms with Crippen LogP contribution in [0.25, 0.3) is 5.69 Å². The average molecular weight is 362 g/mol. The minimum absolute atomic E-state index is 0.0826. The van der Waals surface area contributed by atoms with Crippen molar-refractivity contribution in [2.45, 2.75) is 20.4 Å². The summed E-state index contributed by atoms with van der Waals surface area (Å²) in [6, 6.07) is 17.5. The molecule has 1 aromatic heterocycles. The van der Waals surface area contributed by atoms with Crippen molar-refractivity contribution in [2.24, 2.45) is 0 Å². The number of nitrogens with zero attached hydrogens (tertiary/aromatic N) is 2. The molecule has 0 aliphatic rings. The van der Waals surface area contributed by atoms with Crippen molar-refractivity contribution in [3.05, 3.63) is 83.2 Å². The first kappa shape index (κ1) is 18.4. The second-order valence-electron chi connectivity index (χ2n) is 6.34. The lowest BCUT2D eigenvalue weighted by Gasteiger charge is -2.08. The van der Waals surface area contributed by atoms with Crippen molar-refractivity contribution < 1.29 is 9.59 Å². The van der Waals surface area contributed by atoms with Gasteiger partial charge in [-0.15, -0.1) is 0 Å². The number of hydrogen-bond donors (Lipinski definition) is 2. The van der Waals surface area contributed by atoms with E-state index < -0.39 is 0 Å². The number of nitrogens with one attached hydrogen (secondary N) is 2. The van der Waals surface area contributed by atoms with Gasteiger partial charge in [-0.05, 0) is 37.1 Å². The van der Waals surface area contributed by atoms with Crippen LogP contribution in [0.3, 0.4) is 0 Å². The first-order chi connectivity index (χ1) is 13.0. The molecule has 0 spiro atoms. The number of rotatable bonds is 6. The van der Waals surface area contributed by atoms with Gasteiger partial charge in [0.2, 0.25) is 5.91 Å². The first-order valence-electron chi connectivity index (χ1n) is 8.75. The Kier molecular flexibility index (Phi) is 5.66. The van der Waals surface area contributed by atoms with E-state index in [1.807, 2.05) is 68.4 Å². The Labute approximate surface area is 158 Å². The summed E-state index contributed by atoms with van der Waals surface area (Å²) in [4.78, 5) is 24.4. The SMILES string of the molecule is Cc1cccc(-n2ncc(C(=O)NCC(=O)NCc3ccccc3)c2C)c1. The van der Waals surface area contributed by atoms with Crippen LogP contribution in [-0.2, 0) is 11.3 Å². The van der Waals surface area contributed by atoms with Crippen LogP contribution in [0.5, 0.6) is 0 Å². The summed E-state index contributed by atoms with van der Waals surface area (Å²) in [6.45, 7) is 4.18. The van der Waals surface area contributed by atoms with Gasteiger partial charge in [-0.3, -0.25) is 9.59 Å². The van der Waals surface area contributed by atoms with Gasteiger partial charge in [0.05, 0.1) is 29.7 Å². The molecule has 0 fully saturated rings. The van der Waals surface area contributed by atoms with Crippen molar-refractivity contribution in [1.29, 1.82) is 0 Å².